The minimum Gasteiger partial charge on any atom is -0.392 e. The highest BCUT2D eigenvalue weighted by Gasteiger charge is 3.00. The summed E-state index contributed by atoms with van der Waals surface area (Å²) in [6, 6.07) is 0. The summed E-state index contributed by atoms with van der Waals surface area (Å²) in [7, 11) is 0. The van der Waals surface area contributed by atoms with Gasteiger partial charge in [0.25, 0.3) is 0 Å². The molecular formula is C43H45F23O11. The van der Waals surface area contributed by atoms with Gasteiger partial charge in [-0.15, -0.1) is 0 Å². The summed E-state index contributed by atoms with van der Waals surface area (Å²) in [4.78, 5) is 119. The zero-order valence-corrected chi connectivity index (χ0v) is 39.4. The molecule has 0 aliphatic heterocycles. The third-order valence-corrected chi connectivity index (χ3v) is 11.2. The summed E-state index contributed by atoms with van der Waals surface area (Å²) in [5.41, 5.74) is -9.15. The number of hydrogen-bond donors (Lipinski definition) is 1. The first-order valence-electron chi connectivity index (χ1n) is 22.0. The van der Waals surface area contributed by atoms with Crippen LogP contribution in [0.25, 0.3) is 0 Å². The molecular weight excluding hydrogens is 1130 g/mol. The number of Topliss-reactive ketones (excluding diaryl/α,β-unsaturated/α-hetero) is 10. The van der Waals surface area contributed by atoms with Gasteiger partial charge in [-0.05, 0) is 6.92 Å². The zero-order chi connectivity index (χ0) is 61.0. The van der Waals surface area contributed by atoms with E-state index in [4.69, 9.17) is 0 Å². The monoisotopic (exact) mass is 1170 g/mol. The number of halogens is 23. The average Bonchev–Trinajstić information content (AvgIpc) is 3.28. The van der Waals surface area contributed by atoms with E-state index in [1.807, 2.05) is 0 Å². The second-order valence-corrected chi connectivity index (χ2v) is 17.5. The summed E-state index contributed by atoms with van der Waals surface area (Å²) in [5, 5.41) is 9.59. The van der Waals surface area contributed by atoms with Gasteiger partial charge in [-0.2, -0.15) is 96.6 Å². The van der Waals surface area contributed by atoms with Crippen LogP contribution in [0.1, 0.15) is 135 Å². The van der Waals surface area contributed by atoms with E-state index < -0.39 is 170 Å². The quantitative estimate of drug-likeness (QED) is 0.0576. The van der Waals surface area contributed by atoms with Crippen LogP contribution in [0, 0.1) is 0 Å². The molecule has 1 atom stereocenters. The van der Waals surface area contributed by atoms with Crippen molar-refractivity contribution < 1.29 is 154 Å². The minimum absolute atomic E-state index is 0.00923. The molecule has 0 rings (SSSR count). The molecule has 77 heavy (non-hydrogen) atoms. The molecule has 0 amide bonds. The lowest BCUT2D eigenvalue weighted by molar-refractivity contribution is -0.481. The van der Waals surface area contributed by atoms with Gasteiger partial charge in [-0.25, -0.2) is 4.39 Å². The van der Waals surface area contributed by atoms with Crippen LogP contribution in [0.5, 0.6) is 0 Å². The molecule has 444 valence electrons. The van der Waals surface area contributed by atoms with Crippen molar-refractivity contribution in [3.05, 3.63) is 0 Å². The van der Waals surface area contributed by atoms with E-state index in [1.54, 1.807) is 0 Å². The minimum atomic E-state index is -9.64. The van der Waals surface area contributed by atoms with Crippen LogP contribution in [0.3, 0.4) is 0 Å². The van der Waals surface area contributed by atoms with Gasteiger partial charge in [0.15, 0.2) is 0 Å². The lowest BCUT2D eigenvalue weighted by Crippen LogP contribution is -2.79. The standard InChI is InChI=1S/C43H45F23O11/c1-22(67)2-3-23(68)4-5-24(69)6-7-25(70)8-9-26(71)10-11-27(72)12-13-28(73)14-15-29(74)16-17-30(75)18-19-31(76)20-32(77)21-33(44,45)35(47,48)37(51,52)39(55,56)41(59,60)40(57,58)38(53,54)36(49,50)34(46,42(61,62)63)43(64,65)66/h32,77H,2-21H2,1H3. The van der Waals surface area contributed by atoms with E-state index in [0.29, 0.717) is 0 Å². The Morgan fingerprint density at radius 2 is 0.468 bits per heavy atom. The second-order valence-electron chi connectivity index (χ2n) is 17.5. The number of aliphatic hydroxyl groups is 1. The number of carbonyl (C=O) groups is 10. The van der Waals surface area contributed by atoms with Crippen molar-refractivity contribution in [3.63, 3.8) is 0 Å². The number of aliphatic hydroxyl groups excluding tert-OH is 1. The first-order valence-corrected chi connectivity index (χ1v) is 22.0. The van der Waals surface area contributed by atoms with Gasteiger partial charge in [-0.1, -0.05) is 0 Å². The Bertz CT molecular complexity index is 2150. The van der Waals surface area contributed by atoms with E-state index >= 15 is 0 Å². The van der Waals surface area contributed by atoms with Crippen LogP contribution < -0.4 is 0 Å². The Morgan fingerprint density at radius 3 is 0.675 bits per heavy atom. The predicted molar refractivity (Wildman–Crippen MR) is 210 cm³/mol. The normalized spacial score (nSPS) is 14.2. The van der Waals surface area contributed by atoms with Crippen LogP contribution in [0.4, 0.5) is 101 Å². The van der Waals surface area contributed by atoms with Crippen LogP contribution in [0.15, 0.2) is 0 Å². The fourth-order valence-corrected chi connectivity index (χ4v) is 6.36. The molecule has 1 N–H and O–H groups in total. The molecule has 0 aromatic rings. The molecule has 0 radical (unpaired) electrons. The molecule has 0 saturated heterocycles. The maximum absolute atomic E-state index is 14.3. The average molecular weight is 1170 g/mol. The van der Waals surface area contributed by atoms with Crippen molar-refractivity contribution >= 4 is 57.8 Å². The Kier molecular flexibility index (Phi) is 25.1. The molecule has 0 aliphatic rings. The van der Waals surface area contributed by atoms with Crippen LogP contribution in [-0.2, 0) is 47.9 Å². The highest BCUT2D eigenvalue weighted by Crippen LogP contribution is 2.68. The summed E-state index contributed by atoms with van der Waals surface area (Å²) in [6.07, 6.45) is -33.3. The van der Waals surface area contributed by atoms with Crippen LogP contribution >= 0.6 is 0 Å². The summed E-state index contributed by atoms with van der Waals surface area (Å²) in [6.45, 7) is 1.30. The van der Waals surface area contributed by atoms with Crippen molar-refractivity contribution in [2.45, 2.75) is 207 Å². The second kappa shape index (κ2) is 26.8. The number of carbonyl (C=O) groups excluding carboxylic acids is 10. The highest BCUT2D eigenvalue weighted by atomic mass is 19.4. The smallest absolute Gasteiger partial charge is 0.392 e. The molecule has 0 saturated carbocycles. The third-order valence-electron chi connectivity index (χ3n) is 11.2. The third kappa shape index (κ3) is 17.5. The van der Waals surface area contributed by atoms with Gasteiger partial charge >= 0.3 is 65.4 Å². The van der Waals surface area contributed by atoms with E-state index in [1.165, 1.54) is 6.92 Å². The maximum Gasteiger partial charge on any atom is 0.438 e. The van der Waals surface area contributed by atoms with Gasteiger partial charge < -0.3 is 9.90 Å². The summed E-state index contributed by atoms with van der Waals surface area (Å²) in [5.74, 6) is -78.9. The topological polar surface area (TPSA) is 191 Å². The molecule has 0 aromatic heterocycles. The van der Waals surface area contributed by atoms with Crippen molar-refractivity contribution in [2.24, 2.45) is 0 Å². The van der Waals surface area contributed by atoms with Gasteiger partial charge in [0, 0.05) is 128 Å². The number of alkyl halides is 23. The molecule has 0 fully saturated rings. The van der Waals surface area contributed by atoms with Gasteiger partial charge in [0.2, 0.25) is 0 Å². The van der Waals surface area contributed by atoms with Gasteiger partial charge in [0.1, 0.15) is 57.8 Å². The largest absolute Gasteiger partial charge is 0.438 e. The van der Waals surface area contributed by atoms with Crippen molar-refractivity contribution in [1.29, 1.82) is 0 Å². The fraction of sp³-hybridized carbons (Fsp3) is 0.767. The molecule has 0 spiro atoms. The zero-order valence-electron chi connectivity index (χ0n) is 39.4. The lowest BCUT2D eigenvalue weighted by Gasteiger charge is -2.46. The number of ketones is 10. The van der Waals surface area contributed by atoms with Crippen LogP contribution in [-0.4, -0.2) is 134 Å². The molecule has 1 unspecified atom stereocenters. The SMILES string of the molecule is CC(=O)CCC(=O)CCC(=O)CCC(=O)CCC(=O)CCC(=O)CCC(=O)CCC(=O)CCC(=O)CCC(=O)CC(O)CC(F)(F)C(F)(F)C(F)(F)C(F)(F)C(F)(F)C(F)(F)C(F)(F)C(F)(F)C(F)(C(F)(F)F)C(F)(F)F. The van der Waals surface area contributed by atoms with Crippen molar-refractivity contribution in [2.75, 3.05) is 0 Å². The van der Waals surface area contributed by atoms with E-state index in [9.17, 15) is 154 Å². The Hall–Kier alpha value is -4.95. The summed E-state index contributed by atoms with van der Waals surface area (Å²) < 4.78 is 315. The fourth-order valence-electron chi connectivity index (χ4n) is 6.36. The first kappa shape index (κ1) is 72.0. The first-order chi connectivity index (χ1) is 34.4. The predicted octanol–water partition coefficient (Wildman–Crippen LogP) is 10.8. The lowest BCUT2D eigenvalue weighted by atomic mass is 9.82. The van der Waals surface area contributed by atoms with E-state index in [0.717, 1.165) is 0 Å². The molecule has 0 aliphatic carbocycles. The molecule has 0 bridgehead atoms. The maximum atomic E-state index is 14.3. The van der Waals surface area contributed by atoms with Crippen LogP contribution in [0.2, 0.25) is 0 Å². The highest BCUT2D eigenvalue weighted by molar-refractivity contribution is 5.94. The van der Waals surface area contributed by atoms with E-state index in [2.05, 4.69) is 0 Å². The number of rotatable bonds is 39. The molecule has 11 nitrogen and oxygen atoms in total. The Balaban J connectivity index is 5.19. The van der Waals surface area contributed by atoms with Gasteiger partial charge in [-0.3, -0.25) is 43.2 Å². The Labute approximate surface area is 418 Å². The molecule has 0 aromatic carbocycles. The van der Waals surface area contributed by atoms with Gasteiger partial charge in [0.05, 0.1) is 6.10 Å². The van der Waals surface area contributed by atoms with Crippen molar-refractivity contribution in [3.8, 4) is 0 Å². The summed E-state index contributed by atoms with van der Waals surface area (Å²) >= 11 is 0. The molecule has 0 heterocycles. The van der Waals surface area contributed by atoms with E-state index in [-0.39, 0.29) is 88.0 Å². The Morgan fingerprint density at radius 1 is 0.286 bits per heavy atom. The van der Waals surface area contributed by atoms with Crippen molar-refractivity contribution in [1.82, 2.24) is 0 Å². The number of hydrogen-bond acceptors (Lipinski definition) is 11. The molecule has 34 heteroatoms.